The van der Waals surface area contributed by atoms with E-state index in [2.05, 4.69) is 345 Å². The summed E-state index contributed by atoms with van der Waals surface area (Å²) in [5, 5.41) is 18.8. The van der Waals surface area contributed by atoms with Crippen LogP contribution in [0.15, 0.2) is 315 Å². The minimum Gasteiger partial charge on any atom is -0.395 e. The van der Waals surface area contributed by atoms with Crippen LogP contribution in [0.2, 0.25) is 0 Å². The van der Waals surface area contributed by atoms with E-state index in [0.29, 0.717) is 5.69 Å². The van der Waals surface area contributed by atoms with Crippen LogP contribution in [0.5, 0.6) is 0 Å². The van der Waals surface area contributed by atoms with Crippen molar-refractivity contribution in [1.29, 1.82) is 0 Å². The first-order chi connectivity index (χ1) is 47.1. The minimum atomic E-state index is -2.62. The molecule has 0 saturated carbocycles. The van der Waals surface area contributed by atoms with Gasteiger partial charge in [-0.3, -0.25) is 0 Å². The Labute approximate surface area is 553 Å². The number of hydrogen-bond acceptors (Lipinski definition) is 7. The van der Waals surface area contributed by atoms with E-state index in [1.54, 1.807) is 0 Å². The topological polar surface area (TPSA) is 45.5 Å². The molecule has 5 heterocycles. The van der Waals surface area contributed by atoms with Crippen molar-refractivity contribution in [3.63, 3.8) is 0 Å². The van der Waals surface area contributed by atoms with Gasteiger partial charge in [0.25, 0.3) is 0 Å². The highest BCUT2D eigenvalue weighted by molar-refractivity contribution is 7.03. The van der Waals surface area contributed by atoms with E-state index in [1.165, 1.54) is 115 Å². The molecule has 0 amide bonds. The average Bonchev–Trinajstić information content (AvgIpc) is 0.664. The lowest BCUT2D eigenvalue weighted by Gasteiger charge is -2.51. The first kappa shape index (κ1) is 52.5. The summed E-state index contributed by atoms with van der Waals surface area (Å²) in [6, 6.07) is 118. The molecule has 0 fully saturated rings. The number of benzene rings is 16. The molecule has 444 valence electrons. The lowest BCUT2D eigenvalue weighted by molar-refractivity contribution is 1.23. The van der Waals surface area contributed by atoms with Crippen molar-refractivity contribution < 1.29 is 0 Å². The fraction of sp³-hybridized carbons (Fsp3) is 0. The molecule has 95 heavy (non-hydrogen) atoms. The zero-order valence-corrected chi connectivity index (χ0v) is 54.1. The number of nitrogens with zero attached hydrogens (tertiary/aromatic N) is 6. The van der Waals surface area contributed by atoms with E-state index in [-0.39, 0.29) is 0 Å². The second-order valence-corrected chi connectivity index (χ2v) is 30.1. The SMILES string of the molecule is Nc1c2cc3ccccc3c1N(c1ccccc1)c1c3c(cc4ccccc14)N(c1ccccc1)c1c(c(cc4c5c6c(cc14)N(c1ccccc1)c1cc4ccccc4c4c1[SiH]6c1c(cc6ccccc6c1N4c1ccccc1)N5c1ccccc1)N2c1ccccc1)[SiH2]3. The van der Waals surface area contributed by atoms with E-state index < -0.39 is 18.3 Å². The molecule has 1 atom stereocenters. The monoisotopic (exact) mass is 1240 g/mol. The molecule has 16 aromatic rings. The standard InChI is InChI=1S/C86H57N7Si2/c87-75-69-47-53-27-19-23-43-63(53)76(75)92(61-39-15-5-16-40-61)77-64-44-24-20-28-54(64)48-70-82(77)94-83-71(88(69)57-31-7-1-8-32-57)51-68-67(78(83)90(70)59-35-11-3-12-36-59)52-74-86-81(68)91(60-37-13-4-14-38-60)73-50-56-30-22-26-46-66(56)80-85(73)95(86)84-72(89(74)58-33-9-2-10-34-58)49-55-29-21-25-45-65(55)79(84)93(80)62-41-17-6-18-42-62/h1-52,95H,87,94H2. The Balaban J connectivity index is 1.01. The molecule has 5 aliphatic heterocycles. The van der Waals surface area contributed by atoms with Crippen LogP contribution in [-0.2, 0) is 0 Å². The van der Waals surface area contributed by atoms with Crippen molar-refractivity contribution in [2.75, 3.05) is 35.1 Å². The van der Waals surface area contributed by atoms with E-state index >= 15 is 0 Å². The maximum absolute atomic E-state index is 8.30. The van der Waals surface area contributed by atoms with Crippen LogP contribution in [0.3, 0.4) is 0 Å². The molecule has 2 N–H and O–H groups in total. The molecular formula is C86H57N7Si2. The molecule has 0 aliphatic carbocycles. The summed E-state index contributed by atoms with van der Waals surface area (Å²) in [5.74, 6) is 0. The Morgan fingerprint density at radius 3 is 0.937 bits per heavy atom. The van der Waals surface area contributed by atoms with Crippen LogP contribution < -0.4 is 61.1 Å². The summed E-state index contributed by atoms with van der Waals surface area (Å²) in [4.78, 5) is 15.8. The van der Waals surface area contributed by atoms with Gasteiger partial charge in [0.2, 0.25) is 0 Å². The lowest BCUT2D eigenvalue weighted by atomic mass is 9.95. The molecular weight excluding hydrogens is 1190 g/mol. The van der Waals surface area contributed by atoms with Crippen LogP contribution in [-0.4, -0.2) is 18.3 Å². The smallest absolute Gasteiger partial charge is 0.149 e. The summed E-state index contributed by atoms with van der Waals surface area (Å²) in [7, 11) is -4.15. The number of para-hydroxylation sites is 6. The van der Waals surface area contributed by atoms with Crippen molar-refractivity contribution >= 4 is 206 Å². The van der Waals surface area contributed by atoms with Gasteiger partial charge in [-0.15, -0.1) is 0 Å². The minimum absolute atomic E-state index is 0.701. The Morgan fingerprint density at radius 2 is 0.484 bits per heavy atom. The molecule has 4 bridgehead atoms. The summed E-state index contributed by atoms with van der Waals surface area (Å²) in [6.07, 6.45) is 0. The largest absolute Gasteiger partial charge is 0.395 e. The summed E-state index contributed by atoms with van der Waals surface area (Å²) < 4.78 is 0. The fourth-order valence-corrected chi connectivity index (χ4v) is 23.4. The second kappa shape index (κ2) is 19.9. The number of anilines is 19. The number of fused-ring (bicyclic) bond motifs is 13. The number of nitrogens with two attached hydrogens (primary N) is 1. The Bertz CT molecular complexity index is 5910. The quantitative estimate of drug-likeness (QED) is 0.131. The first-order valence-electron chi connectivity index (χ1n) is 32.9. The molecule has 1 unspecified atom stereocenters. The van der Waals surface area contributed by atoms with Crippen molar-refractivity contribution in [2.45, 2.75) is 0 Å². The normalized spacial score (nSPS) is 14.8. The molecule has 0 saturated heterocycles. The highest BCUT2D eigenvalue weighted by Crippen LogP contribution is 2.59. The third-order valence-electron chi connectivity index (χ3n) is 20.8. The van der Waals surface area contributed by atoms with Crippen LogP contribution in [0, 0.1) is 0 Å². The second-order valence-electron chi connectivity index (χ2n) is 25.7. The van der Waals surface area contributed by atoms with Gasteiger partial charge in [-0.2, -0.15) is 0 Å². The third kappa shape index (κ3) is 7.28. The summed E-state index contributed by atoms with van der Waals surface area (Å²) in [5.41, 5.74) is 29.6. The number of hydrogen-bond donors (Lipinski definition) is 1. The Morgan fingerprint density at radius 1 is 0.221 bits per heavy atom. The molecule has 21 rings (SSSR count). The predicted octanol–water partition coefficient (Wildman–Crippen LogP) is 18.8. The maximum atomic E-state index is 8.30. The van der Waals surface area contributed by atoms with Gasteiger partial charge in [0, 0.05) is 94.9 Å². The zero-order valence-electron chi connectivity index (χ0n) is 51.6. The number of nitrogen functional groups attached to an aromatic ring is 1. The predicted molar refractivity (Wildman–Crippen MR) is 407 cm³/mol. The van der Waals surface area contributed by atoms with Gasteiger partial charge in [-0.1, -0.05) is 206 Å². The van der Waals surface area contributed by atoms with Crippen molar-refractivity contribution in [3.8, 4) is 0 Å². The Hall–Kier alpha value is -12.1. The molecule has 7 nitrogen and oxygen atoms in total. The molecule has 0 aromatic heterocycles. The molecule has 0 spiro atoms. The highest BCUT2D eigenvalue weighted by Gasteiger charge is 2.51. The van der Waals surface area contributed by atoms with E-state index in [1.807, 2.05) is 0 Å². The van der Waals surface area contributed by atoms with Gasteiger partial charge in [-0.05, 0) is 157 Å². The summed E-state index contributed by atoms with van der Waals surface area (Å²) >= 11 is 0. The third-order valence-corrected chi connectivity index (χ3v) is 26.3. The van der Waals surface area contributed by atoms with Crippen LogP contribution in [0.25, 0.3) is 53.9 Å². The number of rotatable bonds is 6. The van der Waals surface area contributed by atoms with Crippen LogP contribution >= 0.6 is 0 Å². The molecule has 5 aliphatic rings. The molecule has 9 heteroatoms. The van der Waals surface area contributed by atoms with E-state index in [9.17, 15) is 0 Å². The van der Waals surface area contributed by atoms with Gasteiger partial charge in [0.05, 0.1) is 55.0 Å². The van der Waals surface area contributed by atoms with Gasteiger partial charge >= 0.3 is 0 Å². The maximum Gasteiger partial charge on any atom is 0.149 e. The van der Waals surface area contributed by atoms with Crippen molar-refractivity contribution in [3.05, 3.63) is 315 Å². The van der Waals surface area contributed by atoms with Crippen molar-refractivity contribution in [1.82, 2.24) is 0 Å². The van der Waals surface area contributed by atoms with Gasteiger partial charge in [0.15, 0.2) is 0 Å². The van der Waals surface area contributed by atoms with Crippen LogP contribution in [0.4, 0.5) is 108 Å². The van der Waals surface area contributed by atoms with Gasteiger partial charge in [-0.25, -0.2) is 0 Å². The Kier molecular flexibility index (Phi) is 11.0. The average molecular weight is 1240 g/mol. The van der Waals surface area contributed by atoms with Crippen LogP contribution in [0.1, 0.15) is 0 Å². The first-order valence-corrected chi connectivity index (χ1v) is 36.0. The summed E-state index contributed by atoms with van der Waals surface area (Å²) in [6.45, 7) is 0. The zero-order chi connectivity index (χ0) is 62.1. The van der Waals surface area contributed by atoms with Gasteiger partial charge < -0.3 is 35.1 Å². The van der Waals surface area contributed by atoms with Crippen molar-refractivity contribution in [2.24, 2.45) is 0 Å². The van der Waals surface area contributed by atoms with E-state index in [4.69, 9.17) is 5.73 Å². The lowest BCUT2D eigenvalue weighted by Crippen LogP contribution is -2.65. The highest BCUT2D eigenvalue weighted by atomic mass is 28.3. The molecule has 0 radical (unpaired) electrons. The van der Waals surface area contributed by atoms with Gasteiger partial charge in [0.1, 0.15) is 8.80 Å². The van der Waals surface area contributed by atoms with E-state index in [0.717, 1.165) is 67.3 Å². The molecule has 16 aromatic carbocycles. The fourth-order valence-electron chi connectivity index (χ4n) is 17.1.